The molecule has 0 aromatic carbocycles. The predicted octanol–water partition coefficient (Wildman–Crippen LogP) is 1.35. The van der Waals surface area contributed by atoms with Crippen LogP contribution in [0.2, 0.25) is 0 Å². The maximum Gasteiger partial charge on any atom is 0.352 e. The molecule has 0 aliphatic rings. The summed E-state index contributed by atoms with van der Waals surface area (Å²) in [5, 5.41) is 16.9. The molecule has 0 atom stereocenters. The molecule has 0 spiro atoms. The summed E-state index contributed by atoms with van der Waals surface area (Å²) in [6, 6.07) is 3.15. The van der Waals surface area contributed by atoms with E-state index < -0.39 is 5.97 Å². The number of rotatable bonds is 1. The first-order valence-corrected chi connectivity index (χ1v) is 3.46. The number of nitriles is 1. The summed E-state index contributed by atoms with van der Waals surface area (Å²) in [7, 11) is 0. The Morgan fingerprint density at radius 1 is 1.82 bits per heavy atom. The van der Waals surface area contributed by atoms with Gasteiger partial charge in [-0.05, 0) is 22.0 Å². The second kappa shape index (κ2) is 2.76. The Morgan fingerprint density at radius 3 is 2.73 bits per heavy atom. The highest BCUT2D eigenvalue weighted by molar-refractivity contribution is 9.10. The minimum Gasteiger partial charge on any atom is -0.477 e. The maximum atomic E-state index is 10.3. The summed E-state index contributed by atoms with van der Waals surface area (Å²) in [6.07, 6.45) is 0. The number of carbonyl (C=O) groups is 1. The maximum absolute atomic E-state index is 10.3. The van der Waals surface area contributed by atoms with Gasteiger partial charge in [0.15, 0.2) is 0 Å². The van der Waals surface area contributed by atoms with Crippen molar-refractivity contribution < 1.29 is 9.90 Å². The molecule has 56 valence electrons. The number of nitrogens with one attached hydrogen (secondary N) is 1. The summed E-state index contributed by atoms with van der Waals surface area (Å²) in [5.74, 6) is -1.08. The van der Waals surface area contributed by atoms with Crippen molar-refractivity contribution in [1.29, 1.82) is 5.26 Å². The third-order valence-corrected chi connectivity index (χ3v) is 1.74. The van der Waals surface area contributed by atoms with Gasteiger partial charge in [0, 0.05) is 0 Å². The summed E-state index contributed by atoms with van der Waals surface area (Å²) in [6.45, 7) is 0. The van der Waals surface area contributed by atoms with Crippen LogP contribution in [0.3, 0.4) is 0 Å². The van der Waals surface area contributed by atoms with Gasteiger partial charge in [0.1, 0.15) is 17.5 Å². The van der Waals surface area contributed by atoms with Gasteiger partial charge in [0.25, 0.3) is 0 Å². The highest BCUT2D eigenvalue weighted by atomic mass is 79.9. The molecule has 0 fully saturated rings. The van der Waals surface area contributed by atoms with Gasteiger partial charge in [-0.25, -0.2) is 4.79 Å². The van der Waals surface area contributed by atoms with Crippen LogP contribution in [0, 0.1) is 11.3 Å². The summed E-state index contributed by atoms with van der Waals surface area (Å²) in [4.78, 5) is 12.7. The standard InChI is InChI=1S/C6H3BrN2O2/c7-3-1-4(6(10)11)9-5(3)2-8/h1,9H,(H,10,11). The fraction of sp³-hybridized carbons (Fsp3) is 0. The van der Waals surface area contributed by atoms with Gasteiger partial charge < -0.3 is 10.1 Å². The Hall–Kier alpha value is -1.28. The number of hydrogen-bond acceptors (Lipinski definition) is 2. The van der Waals surface area contributed by atoms with E-state index in [-0.39, 0.29) is 11.4 Å². The van der Waals surface area contributed by atoms with Gasteiger partial charge in [0.2, 0.25) is 0 Å². The monoisotopic (exact) mass is 214 g/mol. The molecule has 0 bridgehead atoms. The topological polar surface area (TPSA) is 76.9 Å². The van der Waals surface area contributed by atoms with E-state index in [9.17, 15) is 4.79 Å². The third-order valence-electron chi connectivity index (χ3n) is 1.11. The lowest BCUT2D eigenvalue weighted by atomic mass is 10.4. The Bertz CT molecular complexity index is 337. The van der Waals surface area contributed by atoms with Gasteiger partial charge in [-0.15, -0.1) is 0 Å². The zero-order valence-corrected chi connectivity index (χ0v) is 6.84. The van der Waals surface area contributed by atoms with Crippen LogP contribution in [-0.4, -0.2) is 16.1 Å². The Labute approximate surface area is 70.6 Å². The Kier molecular flexibility index (Phi) is 1.96. The SMILES string of the molecule is N#Cc1[nH]c(C(=O)O)cc1Br. The zero-order chi connectivity index (χ0) is 8.43. The molecule has 0 amide bonds. The van der Waals surface area contributed by atoms with Gasteiger partial charge in [-0.1, -0.05) is 0 Å². The lowest BCUT2D eigenvalue weighted by molar-refractivity contribution is 0.0691. The second-order valence-electron chi connectivity index (χ2n) is 1.82. The van der Waals surface area contributed by atoms with E-state index in [1.807, 2.05) is 0 Å². The average molecular weight is 215 g/mol. The van der Waals surface area contributed by atoms with Gasteiger partial charge in [-0.3, -0.25) is 0 Å². The molecule has 5 heteroatoms. The molecular weight excluding hydrogens is 212 g/mol. The third kappa shape index (κ3) is 1.41. The molecule has 0 aliphatic heterocycles. The molecule has 0 unspecified atom stereocenters. The van der Waals surface area contributed by atoms with E-state index in [1.54, 1.807) is 6.07 Å². The van der Waals surface area contributed by atoms with Crippen LogP contribution < -0.4 is 0 Å². The number of halogens is 1. The van der Waals surface area contributed by atoms with Gasteiger partial charge in [0.05, 0.1) is 4.47 Å². The van der Waals surface area contributed by atoms with Crippen molar-refractivity contribution in [2.75, 3.05) is 0 Å². The van der Waals surface area contributed by atoms with Crippen LogP contribution in [0.25, 0.3) is 0 Å². The van der Waals surface area contributed by atoms with Crippen molar-refractivity contribution in [1.82, 2.24) is 4.98 Å². The first-order chi connectivity index (χ1) is 5.15. The molecule has 4 nitrogen and oxygen atoms in total. The van der Waals surface area contributed by atoms with Crippen LogP contribution in [0.5, 0.6) is 0 Å². The molecule has 11 heavy (non-hydrogen) atoms. The number of aromatic amines is 1. The summed E-state index contributed by atoms with van der Waals surface area (Å²) >= 11 is 3.03. The largest absolute Gasteiger partial charge is 0.477 e. The van der Waals surface area contributed by atoms with Crippen LogP contribution >= 0.6 is 15.9 Å². The van der Waals surface area contributed by atoms with Crippen molar-refractivity contribution in [3.63, 3.8) is 0 Å². The summed E-state index contributed by atoms with van der Waals surface area (Å²) < 4.78 is 0.470. The molecule has 0 aliphatic carbocycles. The van der Waals surface area contributed by atoms with E-state index in [1.165, 1.54) is 6.07 Å². The Balaban J connectivity index is 3.18. The minimum atomic E-state index is -1.08. The molecular formula is C6H3BrN2O2. The van der Waals surface area contributed by atoms with E-state index in [2.05, 4.69) is 20.9 Å². The molecule has 1 aromatic heterocycles. The number of H-pyrrole nitrogens is 1. The van der Waals surface area contributed by atoms with Crippen molar-refractivity contribution >= 4 is 21.9 Å². The first kappa shape index (κ1) is 7.82. The quantitative estimate of drug-likeness (QED) is 0.741. The number of aromatic carboxylic acids is 1. The number of nitrogens with zero attached hydrogens (tertiary/aromatic N) is 1. The second-order valence-corrected chi connectivity index (χ2v) is 2.68. The molecule has 1 rings (SSSR count). The minimum absolute atomic E-state index is 0.00780. The fourth-order valence-electron chi connectivity index (χ4n) is 0.626. The van der Waals surface area contributed by atoms with Crippen LogP contribution in [0.15, 0.2) is 10.5 Å². The van der Waals surface area contributed by atoms with Crippen molar-refractivity contribution in [2.24, 2.45) is 0 Å². The van der Waals surface area contributed by atoms with E-state index in [4.69, 9.17) is 10.4 Å². The van der Waals surface area contributed by atoms with E-state index in [0.717, 1.165) is 0 Å². The lowest BCUT2D eigenvalue weighted by Gasteiger charge is -1.82. The molecule has 2 N–H and O–H groups in total. The molecule has 1 heterocycles. The molecule has 1 aromatic rings. The molecule has 0 saturated carbocycles. The van der Waals surface area contributed by atoms with Gasteiger partial charge in [-0.2, -0.15) is 5.26 Å². The zero-order valence-electron chi connectivity index (χ0n) is 5.26. The van der Waals surface area contributed by atoms with Gasteiger partial charge >= 0.3 is 5.97 Å². The van der Waals surface area contributed by atoms with Crippen LogP contribution in [0.1, 0.15) is 16.2 Å². The molecule has 0 saturated heterocycles. The highest BCUT2D eigenvalue weighted by Gasteiger charge is 2.09. The Morgan fingerprint density at radius 2 is 2.45 bits per heavy atom. The van der Waals surface area contributed by atoms with E-state index in [0.29, 0.717) is 4.47 Å². The summed E-state index contributed by atoms with van der Waals surface area (Å²) in [5.41, 5.74) is 0.232. The predicted molar refractivity (Wildman–Crippen MR) is 40.2 cm³/mol. The van der Waals surface area contributed by atoms with E-state index >= 15 is 0 Å². The van der Waals surface area contributed by atoms with Crippen molar-refractivity contribution in [2.45, 2.75) is 0 Å². The van der Waals surface area contributed by atoms with Crippen molar-refractivity contribution in [3.8, 4) is 6.07 Å². The molecule has 0 radical (unpaired) electrons. The lowest BCUT2D eigenvalue weighted by Crippen LogP contribution is -1.95. The fourth-order valence-corrected chi connectivity index (χ4v) is 1.04. The number of carboxylic acids is 1. The normalized spacial score (nSPS) is 9.09. The van der Waals surface area contributed by atoms with Crippen LogP contribution in [-0.2, 0) is 0 Å². The van der Waals surface area contributed by atoms with Crippen molar-refractivity contribution in [3.05, 3.63) is 21.9 Å². The average Bonchev–Trinajstić information content (AvgIpc) is 2.31. The smallest absolute Gasteiger partial charge is 0.352 e. The number of hydrogen-bond donors (Lipinski definition) is 2. The number of aromatic nitrogens is 1. The van der Waals surface area contributed by atoms with Crippen LogP contribution in [0.4, 0.5) is 0 Å². The highest BCUT2D eigenvalue weighted by Crippen LogP contribution is 2.16. The number of carboxylic acid groups (broad SMARTS) is 1. The first-order valence-electron chi connectivity index (χ1n) is 2.67.